The maximum Gasteiger partial charge on any atom is 0.245 e. The molecular formula is C9H18N4O4S2. The molecule has 0 aliphatic rings. The lowest BCUT2D eigenvalue weighted by Crippen LogP contribution is -2.30. The fraction of sp³-hybridized carbons (Fsp3) is 0.667. The van der Waals surface area contributed by atoms with Crippen molar-refractivity contribution in [2.45, 2.75) is 25.3 Å². The molecule has 0 aliphatic carbocycles. The first-order chi connectivity index (χ1) is 8.72. The Morgan fingerprint density at radius 1 is 1.32 bits per heavy atom. The Kier molecular flexibility index (Phi) is 4.93. The molecule has 1 aromatic rings. The number of nitrogens with one attached hydrogen (secondary N) is 1. The zero-order valence-electron chi connectivity index (χ0n) is 10.8. The van der Waals surface area contributed by atoms with E-state index in [2.05, 4.69) is 9.82 Å². The standard InChI is InChI=1S/C9H18N4O4S2/c1-3-13-7-8(9(10)12-13)19(16,17)11-5-6-18(14,15)4-2/h7,11H,3-6H2,1-2H3,(H2,10,12). The van der Waals surface area contributed by atoms with Crippen LogP contribution in [0.3, 0.4) is 0 Å². The number of hydrogen-bond acceptors (Lipinski definition) is 6. The number of nitrogens with zero attached hydrogens (tertiary/aromatic N) is 2. The van der Waals surface area contributed by atoms with Gasteiger partial charge in [0.05, 0.1) is 5.75 Å². The van der Waals surface area contributed by atoms with E-state index < -0.39 is 19.9 Å². The maximum atomic E-state index is 11.9. The monoisotopic (exact) mass is 310 g/mol. The van der Waals surface area contributed by atoms with Crippen molar-refractivity contribution in [3.8, 4) is 0 Å². The molecule has 1 aromatic heterocycles. The molecule has 0 amide bonds. The summed E-state index contributed by atoms with van der Waals surface area (Å²) in [6.45, 7) is 3.61. The molecule has 0 unspecified atom stereocenters. The summed E-state index contributed by atoms with van der Waals surface area (Å²) < 4.78 is 50.0. The number of sulfone groups is 1. The first-order valence-electron chi connectivity index (χ1n) is 5.75. The van der Waals surface area contributed by atoms with E-state index in [1.54, 1.807) is 6.92 Å². The summed E-state index contributed by atoms with van der Waals surface area (Å²) in [5.74, 6) is -0.373. The van der Waals surface area contributed by atoms with Gasteiger partial charge in [-0.2, -0.15) is 5.10 Å². The van der Waals surface area contributed by atoms with Gasteiger partial charge in [-0.3, -0.25) is 4.68 Å². The second-order valence-corrected chi connectivity index (χ2v) is 8.08. The Bertz CT molecular complexity index is 633. The quantitative estimate of drug-likeness (QED) is 0.679. The van der Waals surface area contributed by atoms with Gasteiger partial charge in [0.15, 0.2) is 15.7 Å². The normalized spacial score (nSPS) is 12.7. The van der Waals surface area contributed by atoms with Gasteiger partial charge < -0.3 is 5.73 Å². The van der Waals surface area contributed by atoms with E-state index in [0.717, 1.165) is 0 Å². The van der Waals surface area contributed by atoms with Crippen LogP contribution in [0.5, 0.6) is 0 Å². The van der Waals surface area contributed by atoms with Crippen molar-refractivity contribution in [3.05, 3.63) is 6.20 Å². The summed E-state index contributed by atoms with van der Waals surface area (Å²) >= 11 is 0. The van der Waals surface area contributed by atoms with Crippen LogP contribution in [-0.4, -0.2) is 44.7 Å². The summed E-state index contributed by atoms with van der Waals surface area (Å²) in [5, 5.41) is 3.83. The molecule has 110 valence electrons. The topological polar surface area (TPSA) is 124 Å². The van der Waals surface area contributed by atoms with Gasteiger partial charge in [-0.15, -0.1) is 0 Å². The Morgan fingerprint density at radius 2 is 1.95 bits per heavy atom. The summed E-state index contributed by atoms with van der Waals surface area (Å²) in [7, 11) is -7.05. The highest BCUT2D eigenvalue weighted by molar-refractivity contribution is 7.91. The van der Waals surface area contributed by atoms with Crippen LogP contribution in [0.4, 0.5) is 5.82 Å². The SMILES string of the molecule is CCn1cc(S(=O)(=O)NCCS(=O)(=O)CC)c(N)n1. The molecule has 0 aliphatic heterocycles. The molecule has 10 heteroatoms. The number of rotatable bonds is 7. The van der Waals surface area contributed by atoms with Gasteiger partial charge >= 0.3 is 0 Å². The number of nitrogen functional groups attached to an aromatic ring is 1. The van der Waals surface area contributed by atoms with Crippen LogP contribution < -0.4 is 10.5 Å². The third-order valence-corrected chi connectivity index (χ3v) is 5.70. The van der Waals surface area contributed by atoms with E-state index in [4.69, 9.17) is 5.73 Å². The Hall–Kier alpha value is -1.13. The first-order valence-corrected chi connectivity index (χ1v) is 9.05. The van der Waals surface area contributed by atoms with Crippen molar-refractivity contribution < 1.29 is 16.8 Å². The molecule has 3 N–H and O–H groups in total. The number of anilines is 1. The Labute approximate surface area is 113 Å². The smallest absolute Gasteiger partial charge is 0.245 e. The molecule has 0 saturated heterocycles. The van der Waals surface area contributed by atoms with Crippen LogP contribution in [0.1, 0.15) is 13.8 Å². The molecule has 19 heavy (non-hydrogen) atoms. The van der Waals surface area contributed by atoms with Crippen LogP contribution in [-0.2, 0) is 26.4 Å². The predicted octanol–water partition coefficient (Wildman–Crippen LogP) is -0.802. The molecular weight excluding hydrogens is 292 g/mol. The molecule has 0 radical (unpaired) electrons. The van der Waals surface area contributed by atoms with Crippen LogP contribution in [0.2, 0.25) is 0 Å². The molecule has 1 rings (SSSR count). The van der Waals surface area contributed by atoms with E-state index in [9.17, 15) is 16.8 Å². The molecule has 0 bridgehead atoms. The largest absolute Gasteiger partial charge is 0.381 e. The van der Waals surface area contributed by atoms with E-state index in [1.807, 2.05) is 0 Å². The lowest BCUT2D eigenvalue weighted by atomic mass is 10.6. The number of aromatic nitrogens is 2. The van der Waals surface area contributed by atoms with Crippen molar-refractivity contribution in [1.29, 1.82) is 0 Å². The summed E-state index contributed by atoms with van der Waals surface area (Å²) in [4.78, 5) is -0.136. The number of hydrogen-bond donors (Lipinski definition) is 2. The van der Waals surface area contributed by atoms with Crippen molar-refractivity contribution in [3.63, 3.8) is 0 Å². The van der Waals surface area contributed by atoms with Gasteiger partial charge in [-0.25, -0.2) is 21.6 Å². The van der Waals surface area contributed by atoms with Crippen molar-refractivity contribution in [2.75, 3.05) is 23.8 Å². The van der Waals surface area contributed by atoms with Gasteiger partial charge in [-0.1, -0.05) is 6.92 Å². The summed E-state index contributed by atoms with van der Waals surface area (Å²) in [6.07, 6.45) is 1.31. The third kappa shape index (κ3) is 4.18. The lowest BCUT2D eigenvalue weighted by Gasteiger charge is -2.05. The van der Waals surface area contributed by atoms with E-state index in [0.29, 0.717) is 6.54 Å². The van der Waals surface area contributed by atoms with E-state index in [1.165, 1.54) is 17.8 Å². The molecule has 0 atom stereocenters. The first kappa shape index (κ1) is 15.9. The van der Waals surface area contributed by atoms with Gasteiger partial charge in [-0.05, 0) is 6.92 Å². The van der Waals surface area contributed by atoms with Crippen molar-refractivity contribution in [2.24, 2.45) is 0 Å². The zero-order valence-corrected chi connectivity index (χ0v) is 12.5. The zero-order chi connectivity index (χ0) is 14.7. The summed E-state index contributed by atoms with van der Waals surface area (Å²) in [5.41, 5.74) is 5.52. The Balaban J connectivity index is 2.79. The fourth-order valence-corrected chi connectivity index (χ4v) is 3.27. The maximum absolute atomic E-state index is 11.9. The number of aryl methyl sites for hydroxylation is 1. The van der Waals surface area contributed by atoms with Gasteiger partial charge in [0, 0.05) is 25.0 Å². The van der Waals surface area contributed by atoms with Gasteiger partial charge in [0.1, 0.15) is 4.90 Å². The summed E-state index contributed by atoms with van der Waals surface area (Å²) in [6, 6.07) is 0. The van der Waals surface area contributed by atoms with E-state index in [-0.39, 0.29) is 28.8 Å². The van der Waals surface area contributed by atoms with Crippen molar-refractivity contribution in [1.82, 2.24) is 14.5 Å². The molecule has 8 nitrogen and oxygen atoms in total. The van der Waals surface area contributed by atoms with Gasteiger partial charge in [0.25, 0.3) is 0 Å². The third-order valence-electron chi connectivity index (χ3n) is 2.51. The fourth-order valence-electron chi connectivity index (χ4n) is 1.34. The Morgan fingerprint density at radius 3 is 2.42 bits per heavy atom. The number of sulfonamides is 1. The molecule has 0 saturated carbocycles. The van der Waals surface area contributed by atoms with Crippen LogP contribution in [0.15, 0.2) is 11.1 Å². The minimum atomic E-state index is -3.83. The van der Waals surface area contributed by atoms with Crippen LogP contribution in [0.25, 0.3) is 0 Å². The van der Waals surface area contributed by atoms with Crippen LogP contribution in [0, 0.1) is 0 Å². The lowest BCUT2D eigenvalue weighted by molar-refractivity contribution is 0.581. The molecule has 0 spiro atoms. The minimum absolute atomic E-state index is 0.0232. The molecule has 1 heterocycles. The number of nitrogens with two attached hydrogens (primary N) is 1. The predicted molar refractivity (Wildman–Crippen MR) is 71.8 cm³/mol. The highest BCUT2D eigenvalue weighted by atomic mass is 32.2. The average molecular weight is 310 g/mol. The second kappa shape index (κ2) is 5.88. The minimum Gasteiger partial charge on any atom is -0.381 e. The van der Waals surface area contributed by atoms with Gasteiger partial charge in [0.2, 0.25) is 10.0 Å². The second-order valence-electron chi connectivity index (χ2n) is 3.87. The van der Waals surface area contributed by atoms with Crippen molar-refractivity contribution >= 4 is 25.7 Å². The van der Waals surface area contributed by atoms with Crippen LogP contribution >= 0.6 is 0 Å². The van der Waals surface area contributed by atoms with E-state index >= 15 is 0 Å². The molecule has 0 fully saturated rings. The molecule has 0 aromatic carbocycles. The average Bonchev–Trinajstić information content (AvgIpc) is 2.71. The highest BCUT2D eigenvalue weighted by Crippen LogP contribution is 2.15. The highest BCUT2D eigenvalue weighted by Gasteiger charge is 2.21.